The van der Waals surface area contributed by atoms with Crippen LogP contribution in [0, 0.1) is 0 Å². The van der Waals surface area contributed by atoms with Crippen LogP contribution >= 0.6 is 0 Å². The molecule has 0 aliphatic heterocycles. The average Bonchev–Trinajstić information content (AvgIpc) is 2.17. The number of carbonyl (C=O) groups is 1. The summed E-state index contributed by atoms with van der Waals surface area (Å²) in [6.07, 6.45) is -1.45. The van der Waals surface area contributed by atoms with Crippen LogP contribution in [0.3, 0.4) is 0 Å². The topological polar surface area (TPSA) is 42.0 Å². The quantitative estimate of drug-likeness (QED) is 0.837. The molecule has 0 unspecified atom stereocenters. The molecule has 0 aromatic carbocycles. The van der Waals surface area contributed by atoms with Gasteiger partial charge in [0, 0.05) is 17.8 Å². The Kier molecular flexibility index (Phi) is 3.71. The molecule has 0 aliphatic carbocycles. The van der Waals surface area contributed by atoms with Gasteiger partial charge in [-0.2, -0.15) is 0 Å². The lowest BCUT2D eigenvalue weighted by Gasteiger charge is -2.08. The highest BCUT2D eigenvalue weighted by Crippen LogP contribution is 2.16. The third kappa shape index (κ3) is 3.27. The van der Waals surface area contributed by atoms with Crippen molar-refractivity contribution in [2.24, 2.45) is 0 Å². The Morgan fingerprint density at radius 2 is 2.13 bits per heavy atom. The van der Waals surface area contributed by atoms with Gasteiger partial charge in [-0.25, -0.2) is 8.78 Å². The van der Waals surface area contributed by atoms with E-state index in [1.54, 1.807) is 13.8 Å². The van der Waals surface area contributed by atoms with Crippen molar-refractivity contribution in [1.29, 1.82) is 0 Å². The second-order valence-electron chi connectivity index (χ2n) is 3.40. The molecule has 0 saturated carbocycles. The fraction of sp³-hybridized carbons (Fsp3) is 0.400. The number of aromatic nitrogens is 1. The average molecular weight is 214 g/mol. The first-order valence-corrected chi connectivity index (χ1v) is 4.55. The molecule has 0 bridgehead atoms. The summed E-state index contributed by atoms with van der Waals surface area (Å²) >= 11 is 0. The molecule has 0 fully saturated rings. The maximum atomic E-state index is 12.3. The van der Waals surface area contributed by atoms with E-state index in [0.717, 1.165) is 6.07 Å². The van der Waals surface area contributed by atoms with Crippen LogP contribution in [-0.2, 0) is 0 Å². The SMILES string of the molecule is CC(C)NC(=O)c1ccnc(C(F)F)c1. The highest BCUT2D eigenvalue weighted by Gasteiger charge is 2.12. The molecule has 1 rings (SSSR count). The summed E-state index contributed by atoms with van der Waals surface area (Å²) in [6.45, 7) is 3.60. The van der Waals surface area contributed by atoms with Gasteiger partial charge >= 0.3 is 0 Å². The Balaban J connectivity index is 2.85. The number of alkyl halides is 2. The van der Waals surface area contributed by atoms with Crippen molar-refractivity contribution in [2.45, 2.75) is 26.3 Å². The van der Waals surface area contributed by atoms with Gasteiger partial charge in [-0.15, -0.1) is 0 Å². The van der Waals surface area contributed by atoms with Gasteiger partial charge < -0.3 is 5.32 Å². The van der Waals surface area contributed by atoms with Crippen LogP contribution in [0.4, 0.5) is 8.78 Å². The Labute approximate surface area is 86.5 Å². The third-order valence-electron chi connectivity index (χ3n) is 1.69. The fourth-order valence-electron chi connectivity index (χ4n) is 1.05. The monoisotopic (exact) mass is 214 g/mol. The molecule has 1 amide bonds. The summed E-state index contributed by atoms with van der Waals surface area (Å²) in [6, 6.07) is 2.48. The number of hydrogen-bond acceptors (Lipinski definition) is 2. The number of nitrogens with one attached hydrogen (secondary N) is 1. The van der Waals surface area contributed by atoms with Crippen molar-refractivity contribution >= 4 is 5.91 Å². The molecule has 1 aromatic rings. The van der Waals surface area contributed by atoms with Crippen LogP contribution in [0.15, 0.2) is 18.3 Å². The number of hydrogen-bond donors (Lipinski definition) is 1. The summed E-state index contributed by atoms with van der Waals surface area (Å²) in [5, 5.41) is 2.61. The number of pyridine rings is 1. The van der Waals surface area contributed by atoms with Gasteiger partial charge in [0.1, 0.15) is 5.69 Å². The fourth-order valence-corrected chi connectivity index (χ4v) is 1.05. The molecule has 0 aliphatic rings. The Morgan fingerprint density at radius 1 is 1.47 bits per heavy atom. The molecule has 0 atom stereocenters. The molecular formula is C10H12F2N2O. The van der Waals surface area contributed by atoms with E-state index in [1.807, 2.05) is 0 Å². The van der Waals surface area contributed by atoms with Crippen LogP contribution in [0.25, 0.3) is 0 Å². The standard InChI is InChI=1S/C10H12F2N2O/c1-6(2)14-10(15)7-3-4-13-8(5-7)9(11)12/h3-6,9H,1-2H3,(H,14,15). The molecule has 0 radical (unpaired) electrons. The molecule has 0 spiro atoms. The number of carbonyl (C=O) groups excluding carboxylic acids is 1. The molecular weight excluding hydrogens is 202 g/mol. The number of halogens is 2. The van der Waals surface area contributed by atoms with Crippen molar-refractivity contribution in [1.82, 2.24) is 10.3 Å². The Morgan fingerprint density at radius 3 is 2.67 bits per heavy atom. The molecule has 3 nitrogen and oxygen atoms in total. The van der Waals surface area contributed by atoms with Crippen molar-refractivity contribution < 1.29 is 13.6 Å². The smallest absolute Gasteiger partial charge is 0.280 e. The first kappa shape index (κ1) is 11.6. The van der Waals surface area contributed by atoms with Crippen molar-refractivity contribution in [3.8, 4) is 0 Å². The summed E-state index contributed by atoms with van der Waals surface area (Å²) in [5.41, 5.74) is -0.180. The van der Waals surface area contributed by atoms with E-state index in [-0.39, 0.29) is 23.2 Å². The van der Waals surface area contributed by atoms with Gasteiger partial charge in [-0.05, 0) is 26.0 Å². The second-order valence-corrected chi connectivity index (χ2v) is 3.40. The van der Waals surface area contributed by atoms with E-state index in [2.05, 4.69) is 10.3 Å². The first-order valence-electron chi connectivity index (χ1n) is 4.55. The van der Waals surface area contributed by atoms with Crippen molar-refractivity contribution in [3.05, 3.63) is 29.6 Å². The van der Waals surface area contributed by atoms with E-state index in [1.165, 1.54) is 12.3 Å². The molecule has 1 heterocycles. The van der Waals surface area contributed by atoms with E-state index < -0.39 is 6.43 Å². The van der Waals surface area contributed by atoms with Crippen LogP contribution in [0.5, 0.6) is 0 Å². The molecule has 1 aromatic heterocycles. The van der Waals surface area contributed by atoms with Crippen LogP contribution < -0.4 is 5.32 Å². The number of amides is 1. The van der Waals surface area contributed by atoms with E-state index in [4.69, 9.17) is 0 Å². The van der Waals surface area contributed by atoms with Gasteiger partial charge in [-0.3, -0.25) is 9.78 Å². The van der Waals surface area contributed by atoms with Gasteiger partial charge in [0.15, 0.2) is 0 Å². The molecule has 0 saturated heterocycles. The Bertz CT molecular complexity index is 353. The van der Waals surface area contributed by atoms with E-state index in [9.17, 15) is 13.6 Å². The minimum atomic E-state index is -2.66. The lowest BCUT2D eigenvalue weighted by molar-refractivity contribution is 0.0942. The minimum absolute atomic E-state index is 0.0272. The maximum absolute atomic E-state index is 12.3. The zero-order valence-corrected chi connectivity index (χ0v) is 8.50. The highest BCUT2D eigenvalue weighted by molar-refractivity contribution is 5.94. The zero-order chi connectivity index (χ0) is 11.4. The minimum Gasteiger partial charge on any atom is -0.350 e. The molecule has 5 heteroatoms. The lowest BCUT2D eigenvalue weighted by Crippen LogP contribution is -2.30. The van der Waals surface area contributed by atoms with Crippen molar-refractivity contribution in [2.75, 3.05) is 0 Å². The lowest BCUT2D eigenvalue weighted by atomic mass is 10.2. The van der Waals surface area contributed by atoms with Gasteiger partial charge in [0.25, 0.3) is 12.3 Å². The second kappa shape index (κ2) is 4.82. The van der Waals surface area contributed by atoms with Gasteiger partial charge in [0.05, 0.1) is 0 Å². The number of nitrogens with zero attached hydrogens (tertiary/aromatic N) is 1. The predicted octanol–water partition coefficient (Wildman–Crippen LogP) is 2.16. The van der Waals surface area contributed by atoms with Crippen LogP contribution in [0.2, 0.25) is 0 Å². The summed E-state index contributed by atoms with van der Waals surface area (Å²) in [5.74, 6) is -0.366. The molecule has 82 valence electrons. The molecule has 1 N–H and O–H groups in total. The maximum Gasteiger partial charge on any atom is 0.280 e. The Hall–Kier alpha value is -1.52. The summed E-state index contributed by atoms with van der Waals surface area (Å²) in [4.78, 5) is 14.9. The zero-order valence-electron chi connectivity index (χ0n) is 8.50. The normalized spacial score (nSPS) is 10.8. The summed E-state index contributed by atoms with van der Waals surface area (Å²) in [7, 11) is 0. The predicted molar refractivity (Wildman–Crippen MR) is 51.8 cm³/mol. The third-order valence-corrected chi connectivity index (χ3v) is 1.69. The van der Waals surface area contributed by atoms with Gasteiger partial charge in [-0.1, -0.05) is 0 Å². The largest absolute Gasteiger partial charge is 0.350 e. The number of rotatable bonds is 3. The van der Waals surface area contributed by atoms with Crippen LogP contribution in [-0.4, -0.2) is 16.9 Å². The highest BCUT2D eigenvalue weighted by atomic mass is 19.3. The van der Waals surface area contributed by atoms with Gasteiger partial charge in [0.2, 0.25) is 0 Å². The van der Waals surface area contributed by atoms with E-state index in [0.29, 0.717) is 0 Å². The van der Waals surface area contributed by atoms with Crippen LogP contribution in [0.1, 0.15) is 36.3 Å². The van der Waals surface area contributed by atoms with E-state index >= 15 is 0 Å². The molecule has 15 heavy (non-hydrogen) atoms. The first-order chi connectivity index (χ1) is 7.00. The van der Waals surface area contributed by atoms with Crippen molar-refractivity contribution in [3.63, 3.8) is 0 Å². The summed E-state index contributed by atoms with van der Waals surface area (Å²) < 4.78 is 24.6.